The van der Waals surface area contributed by atoms with Gasteiger partial charge in [-0.15, -0.1) is 0 Å². The zero-order valence-corrected chi connectivity index (χ0v) is 14.4. The maximum atomic E-state index is 13.1. The summed E-state index contributed by atoms with van der Waals surface area (Å²) in [6, 6.07) is 10.4. The number of carbonyl (C=O) groups is 1. The summed E-state index contributed by atoms with van der Waals surface area (Å²) in [5, 5.41) is 3.42. The monoisotopic (exact) mass is 315 g/mol. The normalized spacial score (nSPS) is 22.3. The summed E-state index contributed by atoms with van der Waals surface area (Å²) in [4.78, 5) is 17.3. The van der Waals surface area contributed by atoms with Gasteiger partial charge in [-0.1, -0.05) is 30.3 Å². The van der Waals surface area contributed by atoms with Crippen LogP contribution in [0.25, 0.3) is 0 Å². The Bertz CT molecular complexity index is 523. The smallest absolute Gasteiger partial charge is 0.226 e. The molecule has 1 N–H and O–H groups in total. The molecule has 1 aromatic carbocycles. The standard InChI is InChI=1S/C19H29N3O/c1-21(2)12-13-22(15-16-6-4-3-5-7-16)18(23)17-14-19(17)8-10-20-11-9-19/h3-7,17,20H,8-15H2,1-2H3. The van der Waals surface area contributed by atoms with Crippen LogP contribution < -0.4 is 5.32 Å². The van der Waals surface area contributed by atoms with Crippen LogP contribution in [-0.4, -0.2) is 56.0 Å². The lowest BCUT2D eigenvalue weighted by Crippen LogP contribution is -2.39. The highest BCUT2D eigenvalue weighted by molar-refractivity contribution is 5.82. The number of piperidine rings is 1. The third-order valence-electron chi connectivity index (χ3n) is 5.43. The molecule has 126 valence electrons. The van der Waals surface area contributed by atoms with Crippen LogP contribution in [-0.2, 0) is 11.3 Å². The second-order valence-corrected chi connectivity index (χ2v) is 7.42. The quantitative estimate of drug-likeness (QED) is 0.872. The largest absolute Gasteiger partial charge is 0.337 e. The average Bonchev–Trinajstić information content (AvgIpc) is 3.25. The fraction of sp³-hybridized carbons (Fsp3) is 0.632. The second kappa shape index (κ2) is 7.02. The van der Waals surface area contributed by atoms with E-state index in [0.29, 0.717) is 11.3 Å². The highest BCUT2D eigenvalue weighted by atomic mass is 16.2. The summed E-state index contributed by atoms with van der Waals surface area (Å²) in [6.45, 7) is 4.60. The molecule has 4 heteroatoms. The van der Waals surface area contributed by atoms with E-state index in [1.165, 1.54) is 5.56 Å². The Morgan fingerprint density at radius 1 is 1.17 bits per heavy atom. The van der Waals surface area contributed by atoms with Gasteiger partial charge in [0.05, 0.1) is 0 Å². The van der Waals surface area contributed by atoms with Crippen molar-refractivity contribution in [3.63, 3.8) is 0 Å². The zero-order chi connectivity index (χ0) is 16.3. The van der Waals surface area contributed by atoms with E-state index in [1.807, 2.05) is 6.07 Å². The first-order valence-electron chi connectivity index (χ1n) is 8.79. The number of hydrogen-bond donors (Lipinski definition) is 1. The van der Waals surface area contributed by atoms with E-state index < -0.39 is 0 Å². The zero-order valence-electron chi connectivity index (χ0n) is 14.4. The molecule has 2 fully saturated rings. The van der Waals surface area contributed by atoms with Crippen LogP contribution in [0.5, 0.6) is 0 Å². The van der Waals surface area contributed by atoms with Gasteiger partial charge in [-0.3, -0.25) is 4.79 Å². The van der Waals surface area contributed by atoms with Crippen molar-refractivity contribution < 1.29 is 4.79 Å². The summed E-state index contributed by atoms with van der Waals surface area (Å²) in [5.41, 5.74) is 1.54. The first-order chi connectivity index (χ1) is 11.1. The molecule has 1 unspecified atom stereocenters. The van der Waals surface area contributed by atoms with Gasteiger partial charge in [0.25, 0.3) is 0 Å². The van der Waals surface area contributed by atoms with Crippen LogP contribution in [0.4, 0.5) is 0 Å². The third-order valence-corrected chi connectivity index (χ3v) is 5.43. The van der Waals surface area contributed by atoms with Gasteiger partial charge >= 0.3 is 0 Å². The molecule has 1 aromatic rings. The fourth-order valence-corrected chi connectivity index (χ4v) is 3.79. The van der Waals surface area contributed by atoms with Crippen molar-refractivity contribution >= 4 is 5.91 Å². The predicted octanol–water partition coefficient (Wildman–Crippen LogP) is 1.97. The van der Waals surface area contributed by atoms with E-state index in [2.05, 4.69) is 53.5 Å². The van der Waals surface area contributed by atoms with Crippen molar-refractivity contribution in [2.75, 3.05) is 40.3 Å². The average molecular weight is 315 g/mol. The number of carbonyl (C=O) groups excluding carboxylic acids is 1. The van der Waals surface area contributed by atoms with Crippen LogP contribution in [0.2, 0.25) is 0 Å². The number of rotatable bonds is 6. The topological polar surface area (TPSA) is 35.6 Å². The number of nitrogens with one attached hydrogen (secondary N) is 1. The van der Waals surface area contributed by atoms with Crippen molar-refractivity contribution in [1.82, 2.24) is 15.1 Å². The summed E-state index contributed by atoms with van der Waals surface area (Å²) >= 11 is 0. The molecule has 0 aromatic heterocycles. The number of nitrogens with zero attached hydrogens (tertiary/aromatic N) is 2. The molecule has 1 aliphatic heterocycles. The lowest BCUT2D eigenvalue weighted by atomic mass is 9.91. The number of hydrogen-bond acceptors (Lipinski definition) is 3. The van der Waals surface area contributed by atoms with Gasteiger partial charge in [0.2, 0.25) is 5.91 Å². The lowest BCUT2D eigenvalue weighted by Gasteiger charge is -2.28. The van der Waals surface area contributed by atoms with Gasteiger partial charge in [0, 0.05) is 25.6 Å². The minimum absolute atomic E-state index is 0.260. The molecule has 4 nitrogen and oxygen atoms in total. The van der Waals surface area contributed by atoms with Crippen molar-refractivity contribution in [3.05, 3.63) is 35.9 Å². The maximum Gasteiger partial charge on any atom is 0.226 e. The second-order valence-electron chi connectivity index (χ2n) is 7.42. The van der Waals surface area contributed by atoms with Crippen LogP contribution in [0.3, 0.4) is 0 Å². The van der Waals surface area contributed by atoms with E-state index in [1.54, 1.807) is 0 Å². The van der Waals surface area contributed by atoms with Gasteiger partial charge < -0.3 is 15.1 Å². The van der Waals surface area contributed by atoms with Crippen LogP contribution in [0.15, 0.2) is 30.3 Å². The molecule has 1 saturated heterocycles. The van der Waals surface area contributed by atoms with E-state index >= 15 is 0 Å². The molecule has 0 bridgehead atoms. The molecule has 1 amide bonds. The minimum atomic E-state index is 0.260. The Morgan fingerprint density at radius 3 is 2.52 bits per heavy atom. The highest BCUT2D eigenvalue weighted by Crippen LogP contribution is 2.59. The van der Waals surface area contributed by atoms with Gasteiger partial charge in [-0.05, 0) is 57.4 Å². The van der Waals surface area contributed by atoms with Crippen molar-refractivity contribution in [1.29, 1.82) is 0 Å². The molecule has 23 heavy (non-hydrogen) atoms. The minimum Gasteiger partial charge on any atom is -0.337 e. The van der Waals surface area contributed by atoms with Crippen molar-refractivity contribution in [2.24, 2.45) is 11.3 Å². The van der Waals surface area contributed by atoms with Crippen LogP contribution in [0.1, 0.15) is 24.8 Å². The van der Waals surface area contributed by atoms with E-state index in [0.717, 1.165) is 52.0 Å². The Labute approximate surface area is 139 Å². The van der Waals surface area contributed by atoms with Gasteiger partial charge in [-0.2, -0.15) is 0 Å². The summed E-state index contributed by atoms with van der Waals surface area (Å²) < 4.78 is 0. The van der Waals surface area contributed by atoms with Crippen molar-refractivity contribution in [3.8, 4) is 0 Å². The fourth-order valence-electron chi connectivity index (χ4n) is 3.79. The third kappa shape index (κ3) is 3.93. The molecule has 1 aliphatic carbocycles. The molecule has 3 rings (SSSR count). The summed E-state index contributed by atoms with van der Waals surface area (Å²) in [7, 11) is 4.13. The van der Waals surface area contributed by atoms with Gasteiger partial charge in [0.15, 0.2) is 0 Å². The number of benzene rings is 1. The number of likely N-dealkylation sites (N-methyl/N-ethyl adjacent to an activating group) is 1. The SMILES string of the molecule is CN(C)CCN(Cc1ccccc1)C(=O)C1CC12CCNCC2. The predicted molar refractivity (Wildman–Crippen MR) is 93.1 cm³/mol. The molecular weight excluding hydrogens is 286 g/mol. The molecule has 1 heterocycles. The molecule has 1 saturated carbocycles. The van der Waals surface area contributed by atoms with Crippen LogP contribution in [0, 0.1) is 11.3 Å². The molecule has 0 radical (unpaired) electrons. The molecular formula is C19H29N3O. The van der Waals surface area contributed by atoms with Gasteiger partial charge in [0.1, 0.15) is 0 Å². The first kappa shape index (κ1) is 16.5. The van der Waals surface area contributed by atoms with Crippen LogP contribution >= 0.6 is 0 Å². The number of amides is 1. The molecule has 1 atom stereocenters. The highest BCUT2D eigenvalue weighted by Gasteiger charge is 2.58. The van der Waals surface area contributed by atoms with Crippen molar-refractivity contribution in [2.45, 2.75) is 25.8 Å². The van der Waals surface area contributed by atoms with E-state index in [4.69, 9.17) is 0 Å². The Kier molecular flexibility index (Phi) is 5.02. The Hall–Kier alpha value is -1.39. The van der Waals surface area contributed by atoms with Gasteiger partial charge in [-0.25, -0.2) is 0 Å². The maximum absolute atomic E-state index is 13.1. The Balaban J connectivity index is 1.66. The molecule has 1 spiro atoms. The summed E-state index contributed by atoms with van der Waals surface area (Å²) in [6.07, 6.45) is 3.42. The van der Waals surface area contributed by atoms with E-state index in [9.17, 15) is 4.79 Å². The first-order valence-corrected chi connectivity index (χ1v) is 8.79. The lowest BCUT2D eigenvalue weighted by molar-refractivity contribution is -0.134. The molecule has 2 aliphatic rings. The van der Waals surface area contributed by atoms with E-state index in [-0.39, 0.29) is 5.92 Å². The Morgan fingerprint density at radius 2 is 1.87 bits per heavy atom. The summed E-state index contributed by atoms with van der Waals surface area (Å²) in [5.74, 6) is 0.632.